The van der Waals surface area contributed by atoms with Crippen molar-refractivity contribution in [3.05, 3.63) is 22.2 Å². The number of methoxy groups -OCH3 is 1. The Kier molecular flexibility index (Phi) is 7.39. The van der Waals surface area contributed by atoms with Gasteiger partial charge in [-0.15, -0.1) is 11.8 Å². The first-order chi connectivity index (χ1) is 9.22. The molecule has 3 nitrogen and oxygen atoms in total. The van der Waals surface area contributed by atoms with Gasteiger partial charge < -0.3 is 14.8 Å². The first-order valence-electron chi connectivity index (χ1n) is 6.32. The highest BCUT2D eigenvalue weighted by atomic mass is 79.9. The third-order valence-electron chi connectivity index (χ3n) is 2.51. The van der Waals surface area contributed by atoms with Crippen molar-refractivity contribution >= 4 is 15.9 Å². The molecule has 19 heavy (non-hydrogen) atoms. The van der Waals surface area contributed by atoms with E-state index >= 15 is 0 Å². The molecule has 0 unspecified atom stereocenters. The van der Waals surface area contributed by atoms with Crippen LogP contribution < -0.4 is 14.8 Å². The molecule has 0 heterocycles. The molecule has 1 aromatic rings. The lowest BCUT2D eigenvalue weighted by molar-refractivity contribution is 0.308. The molecule has 0 bridgehead atoms. The van der Waals surface area contributed by atoms with E-state index in [1.54, 1.807) is 7.11 Å². The lowest BCUT2D eigenvalue weighted by Crippen LogP contribution is -2.14. The van der Waals surface area contributed by atoms with E-state index in [0.29, 0.717) is 6.61 Å². The highest BCUT2D eigenvalue weighted by Crippen LogP contribution is 2.36. The van der Waals surface area contributed by atoms with Gasteiger partial charge in [0.05, 0.1) is 18.2 Å². The summed E-state index contributed by atoms with van der Waals surface area (Å²) in [4.78, 5) is 0. The highest BCUT2D eigenvalue weighted by Gasteiger charge is 2.10. The van der Waals surface area contributed by atoms with Crippen LogP contribution in [0.5, 0.6) is 11.5 Å². The molecule has 0 spiro atoms. The Labute approximate surface area is 123 Å². The van der Waals surface area contributed by atoms with Crippen LogP contribution in [0.2, 0.25) is 0 Å². The molecule has 0 aliphatic heterocycles. The van der Waals surface area contributed by atoms with E-state index in [-0.39, 0.29) is 0 Å². The number of halogens is 1. The molecule has 0 aromatic heterocycles. The van der Waals surface area contributed by atoms with E-state index in [1.807, 2.05) is 26.0 Å². The maximum atomic E-state index is 5.56. The van der Waals surface area contributed by atoms with Crippen molar-refractivity contribution < 1.29 is 9.47 Å². The molecule has 0 atom stereocenters. The predicted octanol–water partition coefficient (Wildman–Crippen LogP) is 3.36. The molecular weight excluding hydrogens is 306 g/mol. The van der Waals surface area contributed by atoms with Gasteiger partial charge in [0.25, 0.3) is 0 Å². The lowest BCUT2D eigenvalue weighted by Gasteiger charge is -2.13. The van der Waals surface area contributed by atoms with E-state index in [4.69, 9.17) is 9.47 Å². The minimum Gasteiger partial charge on any atom is -0.493 e. The summed E-state index contributed by atoms with van der Waals surface area (Å²) >= 11 is 3.52. The summed E-state index contributed by atoms with van der Waals surface area (Å²) in [5.41, 5.74) is 1.15. The largest absolute Gasteiger partial charge is 0.493 e. The van der Waals surface area contributed by atoms with Gasteiger partial charge in [-0.1, -0.05) is 0 Å². The van der Waals surface area contributed by atoms with Gasteiger partial charge in [0, 0.05) is 19.5 Å². The molecule has 0 aliphatic carbocycles. The van der Waals surface area contributed by atoms with Crippen LogP contribution in [-0.4, -0.2) is 20.3 Å². The normalized spacial score (nSPS) is 9.68. The maximum Gasteiger partial charge on any atom is 0.175 e. The zero-order valence-electron chi connectivity index (χ0n) is 11.7. The SMILES string of the molecule is CC#CCCNCc1cc(Br)c(OCC)c(OC)c1. The molecule has 1 aromatic carbocycles. The van der Waals surface area contributed by atoms with E-state index in [2.05, 4.69) is 33.1 Å². The predicted molar refractivity (Wildman–Crippen MR) is 81.6 cm³/mol. The molecule has 0 saturated carbocycles. The Bertz CT molecular complexity index is 463. The summed E-state index contributed by atoms with van der Waals surface area (Å²) in [5.74, 6) is 7.42. The van der Waals surface area contributed by atoms with Crippen LogP contribution in [0.15, 0.2) is 16.6 Å². The number of rotatable bonds is 7. The van der Waals surface area contributed by atoms with Crippen LogP contribution in [0.3, 0.4) is 0 Å². The Hall–Kier alpha value is -1.18. The van der Waals surface area contributed by atoms with Crippen molar-refractivity contribution in [2.75, 3.05) is 20.3 Å². The van der Waals surface area contributed by atoms with Gasteiger partial charge in [0.2, 0.25) is 0 Å². The zero-order chi connectivity index (χ0) is 14.1. The Morgan fingerprint density at radius 2 is 2.16 bits per heavy atom. The van der Waals surface area contributed by atoms with Crippen molar-refractivity contribution in [2.24, 2.45) is 0 Å². The van der Waals surface area contributed by atoms with Crippen LogP contribution in [0.25, 0.3) is 0 Å². The fraction of sp³-hybridized carbons (Fsp3) is 0.467. The van der Waals surface area contributed by atoms with Gasteiger partial charge in [0.1, 0.15) is 0 Å². The molecule has 0 saturated heterocycles. The molecular formula is C15H20BrNO2. The first-order valence-corrected chi connectivity index (χ1v) is 7.11. The summed E-state index contributed by atoms with van der Waals surface area (Å²) in [7, 11) is 1.65. The van der Waals surface area contributed by atoms with Gasteiger partial charge in [-0.05, 0) is 47.5 Å². The van der Waals surface area contributed by atoms with Crippen LogP contribution in [0.1, 0.15) is 25.8 Å². The summed E-state index contributed by atoms with van der Waals surface area (Å²) in [6.45, 7) is 6.09. The summed E-state index contributed by atoms with van der Waals surface area (Å²) in [5, 5.41) is 3.35. The Morgan fingerprint density at radius 3 is 2.79 bits per heavy atom. The minimum atomic E-state index is 0.613. The van der Waals surface area contributed by atoms with Crippen LogP contribution >= 0.6 is 15.9 Å². The van der Waals surface area contributed by atoms with E-state index < -0.39 is 0 Å². The summed E-state index contributed by atoms with van der Waals surface area (Å²) in [6.07, 6.45) is 0.867. The maximum absolute atomic E-state index is 5.56. The topological polar surface area (TPSA) is 30.5 Å². The molecule has 1 rings (SSSR count). The van der Waals surface area contributed by atoms with Crippen LogP contribution in [-0.2, 0) is 6.54 Å². The third kappa shape index (κ3) is 5.14. The summed E-state index contributed by atoms with van der Waals surface area (Å²) < 4.78 is 11.8. The van der Waals surface area contributed by atoms with Gasteiger partial charge in [0.15, 0.2) is 11.5 Å². The van der Waals surface area contributed by atoms with Gasteiger partial charge in [-0.2, -0.15) is 0 Å². The van der Waals surface area contributed by atoms with Gasteiger partial charge in [-0.3, -0.25) is 0 Å². The number of hydrogen-bond acceptors (Lipinski definition) is 3. The number of hydrogen-bond donors (Lipinski definition) is 1. The fourth-order valence-electron chi connectivity index (χ4n) is 1.67. The van der Waals surface area contributed by atoms with Crippen molar-refractivity contribution in [1.29, 1.82) is 0 Å². The Morgan fingerprint density at radius 1 is 1.37 bits per heavy atom. The third-order valence-corrected chi connectivity index (χ3v) is 3.10. The van der Waals surface area contributed by atoms with E-state index in [0.717, 1.165) is 41.0 Å². The first kappa shape index (κ1) is 15.9. The second-order valence-electron chi connectivity index (χ2n) is 3.90. The Balaban J connectivity index is 2.68. The highest BCUT2D eigenvalue weighted by molar-refractivity contribution is 9.10. The van der Waals surface area contributed by atoms with Gasteiger partial charge >= 0.3 is 0 Å². The number of ether oxygens (including phenoxy) is 2. The zero-order valence-corrected chi connectivity index (χ0v) is 13.3. The second-order valence-corrected chi connectivity index (χ2v) is 4.75. The minimum absolute atomic E-state index is 0.613. The molecule has 0 amide bonds. The monoisotopic (exact) mass is 325 g/mol. The van der Waals surface area contributed by atoms with Crippen molar-refractivity contribution in [2.45, 2.75) is 26.8 Å². The summed E-state index contributed by atoms with van der Waals surface area (Å²) in [6, 6.07) is 4.04. The molecule has 1 N–H and O–H groups in total. The molecule has 104 valence electrons. The fourth-order valence-corrected chi connectivity index (χ4v) is 2.27. The van der Waals surface area contributed by atoms with Crippen molar-refractivity contribution in [1.82, 2.24) is 5.32 Å². The van der Waals surface area contributed by atoms with Crippen LogP contribution in [0, 0.1) is 11.8 Å². The molecule has 0 fully saturated rings. The molecule has 0 aliphatic rings. The quantitative estimate of drug-likeness (QED) is 0.616. The van der Waals surface area contributed by atoms with Gasteiger partial charge in [-0.25, -0.2) is 0 Å². The van der Waals surface area contributed by atoms with E-state index in [9.17, 15) is 0 Å². The average Bonchev–Trinajstić information content (AvgIpc) is 2.41. The van der Waals surface area contributed by atoms with Crippen LogP contribution in [0.4, 0.5) is 0 Å². The van der Waals surface area contributed by atoms with Crippen molar-refractivity contribution in [3.8, 4) is 23.3 Å². The number of benzene rings is 1. The molecule has 0 radical (unpaired) electrons. The van der Waals surface area contributed by atoms with E-state index in [1.165, 1.54) is 0 Å². The standard InChI is InChI=1S/C15H20BrNO2/c1-4-6-7-8-17-11-12-9-13(16)15(19-5-2)14(10-12)18-3/h9-10,17H,5,7-8,11H2,1-3H3. The van der Waals surface area contributed by atoms with Crippen molar-refractivity contribution in [3.63, 3.8) is 0 Å². The lowest BCUT2D eigenvalue weighted by atomic mass is 10.2. The smallest absolute Gasteiger partial charge is 0.175 e. The average molecular weight is 326 g/mol. The number of nitrogens with one attached hydrogen (secondary N) is 1. The molecule has 4 heteroatoms. The second kappa shape index (κ2) is 8.84.